The number of Topliss-reactive ketones (excluding diaryl/α,β-unsaturated/α-hetero) is 1. The van der Waals surface area contributed by atoms with Crippen LogP contribution >= 0.6 is 12.4 Å². The second-order valence-corrected chi connectivity index (χ2v) is 21.6. The molecule has 6 nitrogen and oxygen atoms in total. The molecule has 0 aromatic rings. The summed E-state index contributed by atoms with van der Waals surface area (Å²) in [5.74, 6) is 3.00. The summed E-state index contributed by atoms with van der Waals surface area (Å²) in [6.07, 6.45) is 28.6. The maximum Gasteiger partial charge on any atom is 0.335 e. The normalized spacial score (nSPS) is 40.5. The highest BCUT2D eigenvalue weighted by Gasteiger charge is 2.64. The van der Waals surface area contributed by atoms with E-state index in [1.165, 1.54) is 103 Å². The molecule has 2 spiro atoms. The Morgan fingerprint density at radius 1 is 0.667 bits per heavy atom. The number of ketones is 1. The fourth-order valence-corrected chi connectivity index (χ4v) is 14.8. The Morgan fingerprint density at radius 3 is 1.54 bits per heavy atom. The third kappa shape index (κ3) is 7.68. The first-order valence-electron chi connectivity index (χ1n) is 22.0. The van der Waals surface area contributed by atoms with Crippen molar-refractivity contribution in [1.82, 2.24) is 0 Å². The number of carbonyl (C=O) groups excluding carboxylic acids is 3. The van der Waals surface area contributed by atoms with Crippen molar-refractivity contribution in [2.75, 3.05) is 13.2 Å². The molecule has 7 heteroatoms. The summed E-state index contributed by atoms with van der Waals surface area (Å²) in [5, 5.41) is 0. The van der Waals surface area contributed by atoms with E-state index in [9.17, 15) is 14.4 Å². The molecule has 8 atom stereocenters. The van der Waals surface area contributed by atoms with Gasteiger partial charge in [-0.05, 0) is 166 Å². The van der Waals surface area contributed by atoms with E-state index in [0.29, 0.717) is 57.7 Å². The fraction of sp³-hybridized carbons (Fsp3) is 0.851. The number of allylic oxidation sites excluding steroid dienone is 2. The SMILES string of the molecule is CC(=O)C[C@@H]1COC(=O)/C1=C\CC[C@H]1C2(CC[C@H]3C(C)(C)CCC[C@@]31C)CC2.CC1(C)CCC[C@@]2(C)[C@H]1CCC1(CC1)[C@@H]2CC/C=C1\C(=O)OC[C@H]1N.Cl. The second-order valence-electron chi connectivity index (χ2n) is 21.6. The second kappa shape index (κ2) is 15.3. The Morgan fingerprint density at radius 2 is 1.11 bits per heavy atom. The van der Waals surface area contributed by atoms with E-state index in [1.54, 1.807) is 6.92 Å². The van der Waals surface area contributed by atoms with Crippen LogP contribution in [0.4, 0.5) is 0 Å². The Bertz CT molecular complexity index is 1500. The molecule has 8 fully saturated rings. The highest BCUT2D eigenvalue weighted by Crippen LogP contribution is 2.73. The number of ether oxygens (including phenoxy) is 2. The molecule has 0 unspecified atom stereocenters. The predicted molar refractivity (Wildman–Crippen MR) is 218 cm³/mol. The zero-order valence-corrected chi connectivity index (χ0v) is 35.8. The van der Waals surface area contributed by atoms with Gasteiger partial charge in [-0.25, -0.2) is 9.59 Å². The van der Waals surface area contributed by atoms with Crippen molar-refractivity contribution in [3.63, 3.8) is 0 Å². The van der Waals surface area contributed by atoms with Crippen LogP contribution in [0.5, 0.6) is 0 Å². The number of esters is 2. The average molecular weight is 769 g/mol. The first-order chi connectivity index (χ1) is 25.0. The van der Waals surface area contributed by atoms with Crippen LogP contribution in [-0.4, -0.2) is 37.0 Å². The van der Waals surface area contributed by atoms with Crippen LogP contribution in [0.3, 0.4) is 0 Å². The minimum atomic E-state index is -0.217. The van der Waals surface area contributed by atoms with Gasteiger partial charge in [-0.3, -0.25) is 0 Å². The number of carbonyl (C=O) groups is 3. The Balaban J connectivity index is 0.000000182. The van der Waals surface area contributed by atoms with Crippen LogP contribution in [0.2, 0.25) is 0 Å². The molecule has 304 valence electrons. The van der Waals surface area contributed by atoms with Gasteiger partial charge in [-0.15, -0.1) is 12.4 Å². The molecule has 0 aromatic heterocycles. The lowest BCUT2D eigenvalue weighted by atomic mass is 9.45. The molecule has 2 heterocycles. The summed E-state index contributed by atoms with van der Waals surface area (Å²) in [5.41, 5.74) is 10.6. The standard InChI is InChI=1S/C25H38O3.C22H35NO2.ClH/c1-17(26)15-18-16-28-22(27)19(18)7-5-8-21-24(4)11-6-10-23(2,3)20(24)9-12-25(21)13-14-25;1-20(2)9-5-10-21(3)17(20)8-11-22(12-13-22)18(21)7-4-6-15-16(23)14-25-19(15)24;/h7,18,20-21H,5-6,8-16H2,1-4H3;6,16-18H,4-5,7-14,23H2,1-3H3;1H/b19-7-;15-6-;/t18-,20+,21-,24+;16-,17+,18-,21+;/m11./s1. The first kappa shape index (κ1) is 42.0. The van der Waals surface area contributed by atoms with E-state index in [-0.39, 0.29) is 42.1 Å². The molecule has 6 aliphatic carbocycles. The van der Waals surface area contributed by atoms with Gasteiger partial charge >= 0.3 is 11.9 Å². The van der Waals surface area contributed by atoms with Crippen molar-refractivity contribution in [1.29, 1.82) is 0 Å². The zero-order chi connectivity index (χ0) is 38.0. The van der Waals surface area contributed by atoms with Gasteiger partial charge in [-0.2, -0.15) is 0 Å². The van der Waals surface area contributed by atoms with E-state index in [2.05, 4.69) is 53.7 Å². The lowest BCUT2D eigenvalue weighted by Gasteiger charge is -2.60. The summed E-state index contributed by atoms with van der Waals surface area (Å²) in [7, 11) is 0. The van der Waals surface area contributed by atoms with Gasteiger partial charge in [0.1, 0.15) is 12.4 Å². The maximum absolute atomic E-state index is 12.2. The zero-order valence-electron chi connectivity index (χ0n) is 35.0. The smallest absolute Gasteiger partial charge is 0.335 e. The molecular formula is C47H74ClNO5. The number of halogens is 1. The molecule has 0 radical (unpaired) electrons. The summed E-state index contributed by atoms with van der Waals surface area (Å²) < 4.78 is 10.3. The fourth-order valence-electron chi connectivity index (χ4n) is 14.8. The quantitative estimate of drug-likeness (QED) is 0.195. The minimum Gasteiger partial charge on any atom is -0.462 e. The van der Waals surface area contributed by atoms with Crippen molar-refractivity contribution in [2.24, 2.45) is 67.8 Å². The molecule has 6 saturated carbocycles. The van der Waals surface area contributed by atoms with Gasteiger partial charge in [0.25, 0.3) is 0 Å². The van der Waals surface area contributed by atoms with Gasteiger partial charge in [0, 0.05) is 17.9 Å². The molecule has 8 aliphatic rings. The summed E-state index contributed by atoms with van der Waals surface area (Å²) >= 11 is 0. The van der Waals surface area contributed by atoms with Crippen molar-refractivity contribution in [3.05, 3.63) is 23.3 Å². The summed E-state index contributed by atoms with van der Waals surface area (Å²) in [6.45, 7) is 17.5. The molecule has 8 rings (SSSR count). The molecule has 0 amide bonds. The van der Waals surface area contributed by atoms with Crippen LogP contribution in [0, 0.1) is 62.1 Å². The van der Waals surface area contributed by atoms with Crippen molar-refractivity contribution < 1.29 is 23.9 Å². The van der Waals surface area contributed by atoms with Crippen LogP contribution < -0.4 is 5.73 Å². The van der Waals surface area contributed by atoms with E-state index < -0.39 is 0 Å². The van der Waals surface area contributed by atoms with E-state index >= 15 is 0 Å². The van der Waals surface area contributed by atoms with Gasteiger partial charge < -0.3 is 20.0 Å². The molecule has 2 N–H and O–H groups in total. The van der Waals surface area contributed by atoms with Crippen LogP contribution in [0.15, 0.2) is 23.3 Å². The number of fused-ring (bicyclic) bond motifs is 2. The van der Waals surface area contributed by atoms with Crippen LogP contribution in [0.1, 0.15) is 170 Å². The summed E-state index contributed by atoms with van der Waals surface area (Å²) in [4.78, 5) is 35.5. The predicted octanol–water partition coefficient (Wildman–Crippen LogP) is 10.9. The van der Waals surface area contributed by atoms with Crippen LogP contribution in [-0.2, 0) is 23.9 Å². The average Bonchev–Trinajstić information content (AvgIpc) is 3.97. The maximum atomic E-state index is 12.2. The number of hydrogen-bond donors (Lipinski definition) is 1. The molecule has 0 aromatic carbocycles. The highest BCUT2D eigenvalue weighted by atomic mass is 35.5. The van der Waals surface area contributed by atoms with E-state index in [0.717, 1.165) is 42.1 Å². The van der Waals surface area contributed by atoms with Crippen molar-refractivity contribution in [3.8, 4) is 0 Å². The third-order valence-electron chi connectivity index (χ3n) is 17.6. The molecule has 0 bridgehead atoms. The van der Waals surface area contributed by atoms with Crippen LogP contribution in [0.25, 0.3) is 0 Å². The molecule has 2 aliphatic heterocycles. The van der Waals surface area contributed by atoms with Gasteiger partial charge in [0.15, 0.2) is 0 Å². The lowest BCUT2D eigenvalue weighted by Crippen LogP contribution is -2.52. The molecular weight excluding hydrogens is 694 g/mol. The lowest BCUT2D eigenvalue weighted by molar-refractivity contribution is -0.136. The molecule has 54 heavy (non-hydrogen) atoms. The number of nitrogens with two attached hydrogens (primary N) is 1. The Labute approximate surface area is 333 Å². The Kier molecular flexibility index (Phi) is 11.9. The first-order valence-corrected chi connectivity index (χ1v) is 22.0. The third-order valence-corrected chi connectivity index (χ3v) is 17.6. The van der Waals surface area contributed by atoms with E-state index in [4.69, 9.17) is 15.2 Å². The number of rotatable bonds is 8. The Hall–Kier alpha value is -1.66. The largest absolute Gasteiger partial charge is 0.462 e. The summed E-state index contributed by atoms with van der Waals surface area (Å²) in [6, 6.07) is -0.217. The number of cyclic esters (lactones) is 2. The monoisotopic (exact) mass is 768 g/mol. The highest BCUT2D eigenvalue weighted by molar-refractivity contribution is 5.92. The van der Waals surface area contributed by atoms with Crippen molar-refractivity contribution in [2.45, 2.75) is 177 Å². The van der Waals surface area contributed by atoms with Gasteiger partial charge in [0.2, 0.25) is 0 Å². The van der Waals surface area contributed by atoms with E-state index in [1.807, 2.05) is 0 Å². The topological polar surface area (TPSA) is 95.7 Å². The minimum absolute atomic E-state index is 0. The van der Waals surface area contributed by atoms with Gasteiger partial charge in [0.05, 0.1) is 18.2 Å². The molecule has 2 saturated heterocycles. The van der Waals surface area contributed by atoms with Gasteiger partial charge in [-0.1, -0.05) is 66.5 Å². The van der Waals surface area contributed by atoms with Crippen molar-refractivity contribution >= 4 is 30.1 Å². The number of hydrogen-bond acceptors (Lipinski definition) is 6.